The van der Waals surface area contributed by atoms with Crippen molar-refractivity contribution in [2.75, 3.05) is 33.1 Å². The van der Waals surface area contributed by atoms with Crippen LogP contribution in [-0.2, 0) is 14.9 Å². The number of hydrogen-bond donors (Lipinski definition) is 4. The number of aliphatic hydroxyl groups excluding tert-OH is 2. The number of nitrogens with two attached hydrogens (primary N) is 2. The maximum Gasteiger partial charge on any atom is 0.167 e. The minimum atomic E-state index is -1.33. The number of imidazole rings is 1. The second-order valence-corrected chi connectivity index (χ2v) is 11.8. The number of nitrogens with zero attached hydrogens (tertiary/aromatic N) is 4. The highest BCUT2D eigenvalue weighted by molar-refractivity contribution is 5.81. The van der Waals surface area contributed by atoms with Crippen molar-refractivity contribution in [3.63, 3.8) is 0 Å². The summed E-state index contributed by atoms with van der Waals surface area (Å²) in [6, 6.07) is 24.8. The Morgan fingerprint density at radius 2 is 1.48 bits per heavy atom. The summed E-state index contributed by atoms with van der Waals surface area (Å²) < 4.78 is 25.7. The maximum absolute atomic E-state index is 12.9. The highest BCUT2D eigenvalue weighted by Crippen LogP contribution is 2.48. The molecule has 1 aliphatic heterocycles. The van der Waals surface area contributed by atoms with Crippen LogP contribution >= 0.6 is 0 Å². The monoisotopic (exact) mass is 654 g/mol. The average Bonchev–Trinajstić information content (AvgIpc) is 3.71. The van der Waals surface area contributed by atoms with Gasteiger partial charge in [-0.05, 0) is 66.8 Å². The third kappa shape index (κ3) is 6.09. The van der Waals surface area contributed by atoms with Gasteiger partial charge in [-0.1, -0.05) is 54.6 Å². The summed E-state index contributed by atoms with van der Waals surface area (Å²) in [7, 11) is 3.21. The average molecular weight is 655 g/mol. The van der Waals surface area contributed by atoms with Gasteiger partial charge < -0.3 is 40.6 Å². The van der Waals surface area contributed by atoms with Crippen LogP contribution in [0.5, 0.6) is 11.5 Å². The summed E-state index contributed by atoms with van der Waals surface area (Å²) >= 11 is 0. The largest absolute Gasteiger partial charge is 0.497 e. The van der Waals surface area contributed by atoms with E-state index in [-0.39, 0.29) is 5.82 Å². The topological polar surface area (TPSA) is 173 Å². The molecule has 3 heterocycles. The SMILES string of the molecule is COc1ccc(C(c2ccccc2)(c2ccc(OC)cc2)C(O)[C@H]2O[C@@H](n3cnc4c(N)ncnc43)[C@H](OCCCCCN)[C@@H]2O)cc1. The van der Waals surface area contributed by atoms with Gasteiger partial charge in [0.2, 0.25) is 0 Å². The van der Waals surface area contributed by atoms with Crippen LogP contribution in [0.15, 0.2) is 91.5 Å². The molecule has 0 bridgehead atoms. The molecule has 0 amide bonds. The van der Waals surface area contributed by atoms with E-state index < -0.39 is 36.1 Å². The molecule has 1 saturated heterocycles. The van der Waals surface area contributed by atoms with E-state index in [1.807, 2.05) is 78.9 Å². The van der Waals surface area contributed by atoms with Crippen molar-refractivity contribution < 1.29 is 29.2 Å². The van der Waals surface area contributed by atoms with E-state index in [0.29, 0.717) is 35.8 Å². The molecular weight excluding hydrogens is 612 g/mol. The molecule has 5 aromatic rings. The van der Waals surface area contributed by atoms with Crippen LogP contribution in [0.4, 0.5) is 5.82 Å². The number of fused-ring (bicyclic) bond motifs is 1. The molecule has 6 N–H and O–H groups in total. The molecule has 1 aliphatic rings. The summed E-state index contributed by atoms with van der Waals surface area (Å²) in [5.74, 6) is 1.55. The Hall–Kier alpha value is -4.59. The van der Waals surface area contributed by atoms with E-state index in [9.17, 15) is 10.2 Å². The predicted octanol–water partition coefficient (Wildman–Crippen LogP) is 3.59. The van der Waals surface area contributed by atoms with Gasteiger partial charge in [0.25, 0.3) is 0 Å². The first-order valence-electron chi connectivity index (χ1n) is 16.0. The van der Waals surface area contributed by atoms with Crippen molar-refractivity contribution in [1.29, 1.82) is 0 Å². The Labute approximate surface area is 279 Å². The Bertz CT molecular complexity index is 1720. The Morgan fingerprint density at radius 3 is 2.08 bits per heavy atom. The molecule has 1 fully saturated rings. The van der Waals surface area contributed by atoms with Gasteiger partial charge >= 0.3 is 0 Å². The van der Waals surface area contributed by atoms with Crippen LogP contribution in [0.3, 0.4) is 0 Å². The third-order valence-corrected chi connectivity index (χ3v) is 9.15. The number of benzene rings is 3. The van der Waals surface area contributed by atoms with Crippen molar-refractivity contribution in [2.45, 2.75) is 55.3 Å². The molecule has 0 saturated carbocycles. The fourth-order valence-corrected chi connectivity index (χ4v) is 6.71. The van der Waals surface area contributed by atoms with Crippen molar-refractivity contribution in [2.24, 2.45) is 5.73 Å². The number of rotatable bonds is 14. The zero-order valence-corrected chi connectivity index (χ0v) is 27.1. The maximum atomic E-state index is 12.9. The van der Waals surface area contributed by atoms with Crippen molar-refractivity contribution >= 4 is 17.0 Å². The second kappa shape index (κ2) is 14.7. The van der Waals surface area contributed by atoms with E-state index in [1.54, 1.807) is 25.1 Å². The van der Waals surface area contributed by atoms with Crippen molar-refractivity contribution in [3.8, 4) is 11.5 Å². The van der Waals surface area contributed by atoms with Crippen LogP contribution in [-0.4, -0.2) is 81.5 Å². The van der Waals surface area contributed by atoms with Crippen LogP contribution in [0.1, 0.15) is 42.2 Å². The Morgan fingerprint density at radius 1 is 0.854 bits per heavy atom. The lowest BCUT2D eigenvalue weighted by Crippen LogP contribution is -2.52. The lowest BCUT2D eigenvalue weighted by atomic mass is 9.64. The van der Waals surface area contributed by atoms with Gasteiger partial charge in [-0.15, -0.1) is 0 Å². The van der Waals surface area contributed by atoms with E-state index >= 15 is 0 Å². The molecule has 0 aliphatic carbocycles. The predicted molar refractivity (Wildman–Crippen MR) is 181 cm³/mol. The number of aromatic nitrogens is 4. The number of aliphatic hydroxyl groups is 2. The van der Waals surface area contributed by atoms with Gasteiger partial charge in [-0.2, -0.15) is 0 Å². The van der Waals surface area contributed by atoms with Gasteiger partial charge in [0.1, 0.15) is 47.8 Å². The molecule has 2 aromatic heterocycles. The van der Waals surface area contributed by atoms with Gasteiger partial charge in [-0.3, -0.25) is 4.57 Å². The number of nitrogen functional groups attached to an aromatic ring is 1. The first kappa shape index (κ1) is 33.3. The summed E-state index contributed by atoms with van der Waals surface area (Å²) in [6.45, 7) is 0.946. The molecule has 12 nitrogen and oxygen atoms in total. The lowest BCUT2D eigenvalue weighted by Gasteiger charge is -2.43. The quantitative estimate of drug-likeness (QED) is 0.102. The number of ether oxygens (including phenoxy) is 4. The molecule has 252 valence electrons. The summed E-state index contributed by atoms with van der Waals surface area (Å²) in [6.07, 6.45) is -0.116. The third-order valence-electron chi connectivity index (χ3n) is 9.15. The lowest BCUT2D eigenvalue weighted by molar-refractivity contribution is -0.0992. The molecule has 1 unspecified atom stereocenters. The minimum absolute atomic E-state index is 0.218. The zero-order valence-electron chi connectivity index (χ0n) is 27.1. The fourth-order valence-electron chi connectivity index (χ4n) is 6.71. The molecule has 12 heteroatoms. The van der Waals surface area contributed by atoms with E-state index in [1.165, 1.54) is 6.33 Å². The molecule has 6 rings (SSSR count). The van der Waals surface area contributed by atoms with E-state index in [0.717, 1.165) is 36.0 Å². The Balaban J connectivity index is 1.49. The van der Waals surface area contributed by atoms with Crippen molar-refractivity contribution in [1.82, 2.24) is 19.5 Å². The Kier molecular flexibility index (Phi) is 10.2. The number of methoxy groups -OCH3 is 2. The van der Waals surface area contributed by atoms with Gasteiger partial charge in [0.05, 0.1) is 26.0 Å². The normalized spacial score (nSPS) is 20.2. The second-order valence-electron chi connectivity index (χ2n) is 11.8. The fraction of sp³-hybridized carbons (Fsp3) is 0.361. The highest BCUT2D eigenvalue weighted by atomic mass is 16.6. The first-order chi connectivity index (χ1) is 23.4. The molecule has 3 aromatic carbocycles. The number of unbranched alkanes of at least 4 members (excludes halogenated alkanes) is 2. The van der Waals surface area contributed by atoms with Crippen LogP contribution in [0, 0.1) is 0 Å². The minimum Gasteiger partial charge on any atom is -0.497 e. The number of anilines is 1. The smallest absolute Gasteiger partial charge is 0.167 e. The van der Waals surface area contributed by atoms with E-state index in [4.69, 9.17) is 30.4 Å². The standard InChI is InChI=1S/C36H42N6O6/c1-45-26-15-11-24(12-16-26)36(23-9-5-3-6-10-23,25-13-17-27(46-2)18-14-25)32(44)30-29(43)31(47-20-8-4-7-19-37)35(48-30)42-22-41-28-33(38)39-21-40-34(28)42/h3,5-6,9-18,21-22,29-32,35,43-44H,4,7-8,19-20,37H2,1-2H3,(H2,38,39,40)/t29-,30+,31-,32?,35-/m1/s1. The highest BCUT2D eigenvalue weighted by Gasteiger charge is 2.56. The molecule has 5 atom stereocenters. The molecule has 0 radical (unpaired) electrons. The van der Waals surface area contributed by atoms with E-state index in [2.05, 4.69) is 15.0 Å². The van der Waals surface area contributed by atoms with Gasteiger partial charge in [0.15, 0.2) is 17.7 Å². The molecule has 48 heavy (non-hydrogen) atoms. The van der Waals surface area contributed by atoms with Crippen LogP contribution < -0.4 is 20.9 Å². The summed E-state index contributed by atoms with van der Waals surface area (Å²) in [4.78, 5) is 12.9. The number of hydrogen-bond acceptors (Lipinski definition) is 11. The van der Waals surface area contributed by atoms with Gasteiger partial charge in [-0.25, -0.2) is 15.0 Å². The molecule has 0 spiro atoms. The molecular formula is C36H42N6O6. The van der Waals surface area contributed by atoms with Crippen molar-refractivity contribution in [3.05, 3.63) is 108 Å². The zero-order chi connectivity index (χ0) is 33.7. The van der Waals surface area contributed by atoms with Gasteiger partial charge in [0, 0.05) is 6.61 Å². The van der Waals surface area contributed by atoms with Crippen LogP contribution in [0.25, 0.3) is 11.2 Å². The first-order valence-corrected chi connectivity index (χ1v) is 16.0. The summed E-state index contributed by atoms with van der Waals surface area (Å²) in [5, 5.41) is 25.0. The summed E-state index contributed by atoms with van der Waals surface area (Å²) in [5.41, 5.74) is 13.7. The van der Waals surface area contributed by atoms with Crippen LogP contribution in [0.2, 0.25) is 0 Å².